The minimum Gasteiger partial charge on any atom is -0.275 e. The smallest absolute Gasteiger partial charge is 0.275 e. The number of hydrogen-bond donors (Lipinski definition) is 1. The zero-order valence-electron chi connectivity index (χ0n) is 7.95. The van der Waals surface area contributed by atoms with Gasteiger partial charge in [0, 0.05) is 9.86 Å². The molecule has 0 amide bonds. The van der Waals surface area contributed by atoms with E-state index >= 15 is 0 Å². The Morgan fingerprint density at radius 3 is 2.41 bits per heavy atom. The minimum absolute atomic E-state index is 0.157. The van der Waals surface area contributed by atoms with Gasteiger partial charge in [-0.3, -0.25) is 5.10 Å². The lowest BCUT2D eigenvalue weighted by atomic mass is 10.1. The molecule has 2 nitrogen and oxygen atoms in total. The number of H-pyrrole nitrogens is 1. The fourth-order valence-electron chi connectivity index (χ4n) is 1.51. The molecular weight excluding hydrogens is 311 g/mol. The number of alkyl halides is 5. The van der Waals surface area contributed by atoms with E-state index in [1.54, 1.807) is 0 Å². The molecule has 0 fully saturated rings. The fourth-order valence-corrected chi connectivity index (χ4v) is 1.93. The first kappa shape index (κ1) is 12.3. The van der Waals surface area contributed by atoms with Crippen molar-refractivity contribution >= 4 is 26.8 Å². The number of fused-ring (bicyclic) bond motifs is 1. The van der Waals surface area contributed by atoms with Gasteiger partial charge in [-0.15, -0.1) is 0 Å². The number of rotatable bonds is 1. The van der Waals surface area contributed by atoms with Gasteiger partial charge in [0.2, 0.25) is 0 Å². The van der Waals surface area contributed by atoms with E-state index in [1.165, 1.54) is 0 Å². The van der Waals surface area contributed by atoms with Crippen LogP contribution in [-0.2, 0) is 6.18 Å². The predicted molar refractivity (Wildman–Crippen MR) is 53.8 cm³/mol. The zero-order valence-corrected chi connectivity index (χ0v) is 9.53. The van der Waals surface area contributed by atoms with Crippen molar-refractivity contribution in [3.8, 4) is 0 Å². The second-order valence-electron chi connectivity index (χ2n) is 3.25. The van der Waals surface area contributed by atoms with E-state index in [0.29, 0.717) is 0 Å². The molecule has 8 heteroatoms. The Morgan fingerprint density at radius 1 is 1.24 bits per heavy atom. The van der Waals surface area contributed by atoms with Gasteiger partial charge < -0.3 is 0 Å². The Labute approximate surface area is 99.9 Å². The molecule has 0 bridgehead atoms. The van der Waals surface area contributed by atoms with Crippen LogP contribution in [0.1, 0.15) is 17.7 Å². The van der Waals surface area contributed by atoms with E-state index in [9.17, 15) is 22.0 Å². The summed E-state index contributed by atoms with van der Waals surface area (Å²) in [5.41, 5.74) is -2.11. The third-order valence-corrected chi connectivity index (χ3v) is 2.85. The van der Waals surface area contributed by atoms with E-state index in [0.717, 1.165) is 12.1 Å². The summed E-state index contributed by atoms with van der Waals surface area (Å²) in [6.45, 7) is 0. The van der Waals surface area contributed by atoms with Crippen LogP contribution >= 0.6 is 15.9 Å². The summed E-state index contributed by atoms with van der Waals surface area (Å²) in [7, 11) is 0. The topological polar surface area (TPSA) is 28.7 Å². The highest BCUT2D eigenvalue weighted by atomic mass is 79.9. The second kappa shape index (κ2) is 3.94. The average molecular weight is 315 g/mol. The molecule has 1 N–H and O–H groups in total. The first-order valence-corrected chi connectivity index (χ1v) is 5.13. The first-order chi connectivity index (χ1) is 7.82. The maximum absolute atomic E-state index is 12.7. The van der Waals surface area contributed by atoms with Crippen molar-refractivity contribution in [1.29, 1.82) is 0 Å². The number of aromatic nitrogens is 2. The number of hydrogen-bond acceptors (Lipinski definition) is 1. The van der Waals surface area contributed by atoms with Crippen LogP contribution in [0.5, 0.6) is 0 Å². The SMILES string of the molecule is FC(F)c1[nH]nc2c(Br)ccc(C(F)(F)F)c12. The van der Waals surface area contributed by atoms with Gasteiger partial charge in [0.15, 0.2) is 0 Å². The largest absolute Gasteiger partial charge is 0.417 e. The molecule has 0 spiro atoms. The Balaban J connectivity index is 2.85. The van der Waals surface area contributed by atoms with E-state index in [-0.39, 0.29) is 9.99 Å². The molecule has 92 valence electrons. The van der Waals surface area contributed by atoms with Gasteiger partial charge >= 0.3 is 6.18 Å². The molecule has 2 aromatic rings. The molecule has 0 saturated heterocycles. The molecule has 0 unspecified atom stereocenters. The van der Waals surface area contributed by atoms with Crippen molar-refractivity contribution in [3.63, 3.8) is 0 Å². The molecule has 0 aliphatic carbocycles. The van der Waals surface area contributed by atoms with Crippen molar-refractivity contribution in [1.82, 2.24) is 10.2 Å². The summed E-state index contributed by atoms with van der Waals surface area (Å²) in [4.78, 5) is 0. The zero-order chi connectivity index (χ0) is 12.8. The number of halogens is 6. The fraction of sp³-hybridized carbons (Fsp3) is 0.222. The molecule has 1 aromatic heterocycles. The minimum atomic E-state index is -4.70. The number of nitrogens with one attached hydrogen (secondary N) is 1. The lowest BCUT2D eigenvalue weighted by Crippen LogP contribution is -2.06. The van der Waals surface area contributed by atoms with Crippen LogP contribution < -0.4 is 0 Å². The summed E-state index contributed by atoms with van der Waals surface area (Å²) in [6, 6.07) is 1.87. The van der Waals surface area contributed by atoms with Gasteiger partial charge in [-0.05, 0) is 28.1 Å². The van der Waals surface area contributed by atoms with E-state index in [2.05, 4.69) is 21.0 Å². The molecule has 2 rings (SSSR count). The molecule has 0 saturated carbocycles. The van der Waals surface area contributed by atoms with Gasteiger partial charge in [-0.2, -0.15) is 18.3 Å². The van der Waals surface area contributed by atoms with Crippen LogP contribution in [0.3, 0.4) is 0 Å². The quantitative estimate of drug-likeness (QED) is 0.782. The summed E-state index contributed by atoms with van der Waals surface area (Å²) in [5.74, 6) is 0. The van der Waals surface area contributed by atoms with Crippen molar-refractivity contribution in [3.05, 3.63) is 27.9 Å². The highest BCUT2D eigenvalue weighted by Gasteiger charge is 2.35. The van der Waals surface area contributed by atoms with Gasteiger partial charge in [0.25, 0.3) is 6.43 Å². The van der Waals surface area contributed by atoms with Crippen LogP contribution in [0.2, 0.25) is 0 Å². The molecule has 0 radical (unpaired) electrons. The Morgan fingerprint density at radius 2 is 1.88 bits per heavy atom. The van der Waals surface area contributed by atoms with Gasteiger partial charge in [-0.25, -0.2) is 8.78 Å². The van der Waals surface area contributed by atoms with Crippen LogP contribution in [0.4, 0.5) is 22.0 Å². The molecule has 1 heterocycles. The Kier molecular flexibility index (Phi) is 2.84. The summed E-state index contributed by atoms with van der Waals surface area (Å²) in [5, 5.41) is 4.80. The van der Waals surface area contributed by atoms with E-state index in [1.807, 2.05) is 5.10 Å². The van der Waals surface area contributed by atoms with Gasteiger partial charge in [-0.1, -0.05) is 0 Å². The van der Waals surface area contributed by atoms with Gasteiger partial charge in [0.1, 0.15) is 11.2 Å². The second-order valence-corrected chi connectivity index (χ2v) is 4.11. The third-order valence-electron chi connectivity index (χ3n) is 2.21. The number of benzene rings is 1. The number of nitrogens with zero attached hydrogens (tertiary/aromatic N) is 1. The van der Waals surface area contributed by atoms with E-state index < -0.39 is 29.2 Å². The molecule has 0 atom stereocenters. The average Bonchev–Trinajstić information content (AvgIpc) is 2.61. The molecule has 0 aliphatic rings. The number of aromatic amines is 1. The van der Waals surface area contributed by atoms with Crippen LogP contribution in [-0.4, -0.2) is 10.2 Å². The maximum Gasteiger partial charge on any atom is 0.417 e. The van der Waals surface area contributed by atoms with E-state index in [4.69, 9.17) is 0 Å². The highest BCUT2D eigenvalue weighted by molar-refractivity contribution is 9.10. The van der Waals surface area contributed by atoms with Gasteiger partial charge in [0.05, 0.1) is 5.56 Å². The van der Waals surface area contributed by atoms with Crippen molar-refractivity contribution in [2.75, 3.05) is 0 Å². The monoisotopic (exact) mass is 314 g/mol. The third kappa shape index (κ3) is 2.01. The van der Waals surface area contributed by atoms with Crippen LogP contribution in [0.15, 0.2) is 16.6 Å². The summed E-state index contributed by atoms with van der Waals surface area (Å²) < 4.78 is 63.4. The lowest BCUT2D eigenvalue weighted by Gasteiger charge is -2.09. The maximum atomic E-state index is 12.7. The van der Waals surface area contributed by atoms with Crippen LogP contribution in [0, 0.1) is 0 Å². The normalized spacial score (nSPS) is 12.6. The van der Waals surface area contributed by atoms with Crippen molar-refractivity contribution in [2.24, 2.45) is 0 Å². The summed E-state index contributed by atoms with van der Waals surface area (Å²) >= 11 is 2.97. The predicted octanol–water partition coefficient (Wildman–Crippen LogP) is 4.28. The van der Waals surface area contributed by atoms with Crippen molar-refractivity contribution < 1.29 is 22.0 Å². The Hall–Kier alpha value is -1.18. The standard InChI is InChI=1S/C9H4BrF5N2/c10-4-2-1-3(9(13,14)15)5-6(4)16-17-7(5)8(11)12/h1-2,8H,(H,16,17). The summed E-state index contributed by atoms with van der Waals surface area (Å²) in [6.07, 6.45) is -7.75. The van der Waals surface area contributed by atoms with Crippen molar-refractivity contribution in [2.45, 2.75) is 12.6 Å². The lowest BCUT2D eigenvalue weighted by molar-refractivity contribution is -0.136. The molecule has 17 heavy (non-hydrogen) atoms. The molecule has 1 aromatic carbocycles. The van der Waals surface area contributed by atoms with Crippen LogP contribution in [0.25, 0.3) is 10.9 Å². The Bertz CT molecular complexity index is 560. The molecular formula is C9H4BrF5N2. The molecule has 0 aliphatic heterocycles. The first-order valence-electron chi connectivity index (χ1n) is 4.34. The highest BCUT2D eigenvalue weighted by Crippen LogP contribution is 2.40.